The molecule has 1 fully saturated rings. The van der Waals surface area contributed by atoms with Crippen LogP contribution in [0.5, 0.6) is 0 Å². The van der Waals surface area contributed by atoms with Gasteiger partial charge in [-0.05, 0) is 50.0 Å². The highest BCUT2D eigenvalue weighted by molar-refractivity contribution is 5.17. The van der Waals surface area contributed by atoms with E-state index >= 15 is 0 Å². The fourth-order valence-corrected chi connectivity index (χ4v) is 3.07. The first-order valence-electron chi connectivity index (χ1n) is 5.63. The lowest BCUT2D eigenvalue weighted by Gasteiger charge is -2.35. The van der Waals surface area contributed by atoms with E-state index in [1.165, 1.54) is 32.1 Å². The largest absolute Gasteiger partial charge is 0.505 e. The van der Waals surface area contributed by atoms with Crippen LogP contribution in [0.1, 0.15) is 39.0 Å². The van der Waals surface area contributed by atoms with Crippen molar-refractivity contribution in [1.29, 1.82) is 0 Å². The van der Waals surface area contributed by atoms with E-state index in [2.05, 4.69) is 19.1 Å². The van der Waals surface area contributed by atoms with E-state index in [9.17, 15) is 0 Å². The molecule has 0 bridgehead atoms. The summed E-state index contributed by atoms with van der Waals surface area (Å²) in [6.07, 6.45) is 13.3. The first-order valence-corrected chi connectivity index (χ1v) is 5.63. The minimum atomic E-state index is 0.440. The fourth-order valence-electron chi connectivity index (χ4n) is 3.07. The molecular weight excluding hydrogens is 172 g/mol. The Morgan fingerprint density at radius 1 is 1.57 bits per heavy atom. The molecule has 78 valence electrons. The molecule has 14 heavy (non-hydrogen) atoms. The summed E-state index contributed by atoms with van der Waals surface area (Å²) >= 11 is 0. The Kier molecular flexibility index (Phi) is 2.66. The maximum Gasteiger partial charge on any atom is 0.0790 e. The Labute approximate surface area is 86.8 Å². The average Bonchev–Trinajstić information content (AvgIpc) is 2.58. The molecule has 0 amide bonds. The van der Waals surface area contributed by atoms with E-state index in [1.807, 2.05) is 6.26 Å². The van der Waals surface area contributed by atoms with Gasteiger partial charge in [0.25, 0.3) is 0 Å². The van der Waals surface area contributed by atoms with Crippen LogP contribution in [-0.2, 0) is 4.74 Å². The molecule has 2 atom stereocenters. The molecule has 2 aliphatic carbocycles. The van der Waals surface area contributed by atoms with Crippen molar-refractivity contribution in [2.75, 3.05) is 7.11 Å². The van der Waals surface area contributed by atoms with E-state index < -0.39 is 0 Å². The Morgan fingerprint density at radius 2 is 2.43 bits per heavy atom. The second kappa shape index (κ2) is 3.80. The SMILES string of the molecule is CO/C=C\[C@@]12CC=C(C)C[C@@H]1CCC2. The predicted octanol–water partition coefficient (Wildman–Crippen LogP) is 3.67. The van der Waals surface area contributed by atoms with Gasteiger partial charge in [0.1, 0.15) is 0 Å². The molecule has 0 aromatic rings. The van der Waals surface area contributed by atoms with Gasteiger partial charge in [0.15, 0.2) is 0 Å². The van der Waals surface area contributed by atoms with Gasteiger partial charge in [-0.1, -0.05) is 18.1 Å². The maximum absolute atomic E-state index is 5.07. The van der Waals surface area contributed by atoms with Gasteiger partial charge < -0.3 is 4.74 Å². The molecule has 0 spiro atoms. The molecule has 1 heteroatoms. The van der Waals surface area contributed by atoms with Crippen LogP contribution in [0.2, 0.25) is 0 Å². The number of ether oxygens (including phenoxy) is 1. The van der Waals surface area contributed by atoms with E-state index in [0.717, 1.165) is 5.92 Å². The Balaban J connectivity index is 2.19. The Hall–Kier alpha value is -0.720. The lowest BCUT2D eigenvalue weighted by Crippen LogP contribution is -2.25. The molecule has 0 aromatic carbocycles. The first kappa shape index (κ1) is 9.82. The monoisotopic (exact) mass is 192 g/mol. The van der Waals surface area contributed by atoms with Crippen molar-refractivity contribution >= 4 is 0 Å². The summed E-state index contributed by atoms with van der Waals surface area (Å²) < 4.78 is 5.07. The van der Waals surface area contributed by atoms with Crippen LogP contribution in [0.15, 0.2) is 24.0 Å². The first-order chi connectivity index (χ1) is 6.77. The van der Waals surface area contributed by atoms with Crippen LogP contribution in [0.4, 0.5) is 0 Å². The minimum Gasteiger partial charge on any atom is -0.505 e. The minimum absolute atomic E-state index is 0.440. The van der Waals surface area contributed by atoms with Gasteiger partial charge in [-0.2, -0.15) is 0 Å². The van der Waals surface area contributed by atoms with Crippen LogP contribution < -0.4 is 0 Å². The number of hydrogen-bond donors (Lipinski definition) is 0. The van der Waals surface area contributed by atoms with Gasteiger partial charge in [0.05, 0.1) is 13.4 Å². The molecule has 0 aliphatic heterocycles. The number of rotatable bonds is 2. The van der Waals surface area contributed by atoms with Crippen LogP contribution in [0, 0.1) is 11.3 Å². The Morgan fingerprint density at radius 3 is 3.21 bits per heavy atom. The third-order valence-corrected chi connectivity index (χ3v) is 3.94. The molecule has 0 aromatic heterocycles. The zero-order valence-electron chi connectivity index (χ0n) is 9.25. The van der Waals surface area contributed by atoms with E-state index in [-0.39, 0.29) is 0 Å². The van der Waals surface area contributed by atoms with Crippen molar-refractivity contribution in [1.82, 2.24) is 0 Å². The van der Waals surface area contributed by atoms with Crippen molar-refractivity contribution in [3.05, 3.63) is 24.0 Å². The summed E-state index contributed by atoms with van der Waals surface area (Å²) in [7, 11) is 1.74. The molecule has 0 heterocycles. The molecule has 1 saturated carbocycles. The number of methoxy groups -OCH3 is 1. The van der Waals surface area contributed by atoms with Gasteiger partial charge in [-0.3, -0.25) is 0 Å². The third-order valence-electron chi connectivity index (χ3n) is 3.94. The highest BCUT2D eigenvalue weighted by Gasteiger charge is 2.41. The van der Waals surface area contributed by atoms with Gasteiger partial charge in [-0.15, -0.1) is 0 Å². The highest BCUT2D eigenvalue weighted by atomic mass is 16.5. The number of hydrogen-bond acceptors (Lipinski definition) is 1. The molecular formula is C13H20O. The summed E-state index contributed by atoms with van der Waals surface area (Å²) in [6, 6.07) is 0. The van der Waals surface area contributed by atoms with Crippen molar-refractivity contribution in [3.8, 4) is 0 Å². The number of fused-ring (bicyclic) bond motifs is 1. The van der Waals surface area contributed by atoms with Crippen LogP contribution in [0.3, 0.4) is 0 Å². The summed E-state index contributed by atoms with van der Waals surface area (Å²) in [5.74, 6) is 0.874. The third kappa shape index (κ3) is 1.60. The molecule has 0 saturated heterocycles. The number of allylic oxidation sites excluding steroid dienone is 3. The lowest BCUT2D eigenvalue weighted by atomic mass is 9.69. The quantitative estimate of drug-likeness (QED) is 0.479. The zero-order valence-corrected chi connectivity index (χ0v) is 9.25. The fraction of sp³-hybridized carbons (Fsp3) is 0.692. The smallest absolute Gasteiger partial charge is 0.0790 e. The van der Waals surface area contributed by atoms with Crippen molar-refractivity contribution < 1.29 is 4.74 Å². The summed E-state index contributed by atoms with van der Waals surface area (Å²) in [6.45, 7) is 2.27. The normalized spacial score (nSPS) is 37.0. The van der Waals surface area contributed by atoms with Gasteiger partial charge in [-0.25, -0.2) is 0 Å². The topological polar surface area (TPSA) is 9.23 Å². The van der Waals surface area contributed by atoms with Crippen LogP contribution in [-0.4, -0.2) is 7.11 Å². The van der Waals surface area contributed by atoms with Crippen LogP contribution in [0.25, 0.3) is 0 Å². The zero-order chi connectivity index (χ0) is 10.0. The standard InChI is InChI=1S/C13H20O/c1-11-5-7-13(8-9-14-2)6-3-4-12(13)10-11/h5,8-9,12H,3-4,6-7,10H2,1-2H3/b9-8-/t12-,13+/m0/s1. The average molecular weight is 192 g/mol. The van der Waals surface area contributed by atoms with Crippen molar-refractivity contribution in [2.24, 2.45) is 11.3 Å². The van der Waals surface area contributed by atoms with Gasteiger partial charge in [0.2, 0.25) is 0 Å². The molecule has 2 rings (SSSR count). The second-order valence-electron chi connectivity index (χ2n) is 4.82. The summed E-state index contributed by atoms with van der Waals surface area (Å²) in [5.41, 5.74) is 2.02. The lowest BCUT2D eigenvalue weighted by molar-refractivity contribution is 0.246. The van der Waals surface area contributed by atoms with E-state index in [1.54, 1.807) is 12.7 Å². The maximum atomic E-state index is 5.07. The predicted molar refractivity (Wildman–Crippen MR) is 58.9 cm³/mol. The Bertz CT molecular complexity index is 264. The van der Waals surface area contributed by atoms with E-state index in [4.69, 9.17) is 4.74 Å². The van der Waals surface area contributed by atoms with E-state index in [0.29, 0.717) is 5.41 Å². The van der Waals surface area contributed by atoms with Crippen molar-refractivity contribution in [3.63, 3.8) is 0 Å². The molecule has 0 radical (unpaired) electrons. The van der Waals surface area contributed by atoms with Gasteiger partial charge in [0, 0.05) is 0 Å². The molecule has 0 N–H and O–H groups in total. The van der Waals surface area contributed by atoms with Crippen molar-refractivity contribution in [2.45, 2.75) is 39.0 Å². The molecule has 0 unspecified atom stereocenters. The summed E-state index contributed by atoms with van der Waals surface area (Å²) in [4.78, 5) is 0. The molecule has 2 aliphatic rings. The molecule has 1 nitrogen and oxygen atoms in total. The van der Waals surface area contributed by atoms with Crippen LogP contribution >= 0.6 is 0 Å². The summed E-state index contributed by atoms with van der Waals surface area (Å²) in [5, 5.41) is 0. The highest BCUT2D eigenvalue weighted by Crippen LogP contribution is 2.52. The second-order valence-corrected chi connectivity index (χ2v) is 4.82. The van der Waals surface area contributed by atoms with Gasteiger partial charge >= 0.3 is 0 Å².